The van der Waals surface area contributed by atoms with E-state index in [0.29, 0.717) is 57.4 Å². The molecule has 0 bridgehead atoms. The van der Waals surface area contributed by atoms with E-state index in [1.165, 1.54) is 17.5 Å². The Bertz CT molecular complexity index is 895. The number of anilines is 1. The van der Waals surface area contributed by atoms with Crippen molar-refractivity contribution in [2.24, 2.45) is 0 Å². The minimum atomic E-state index is -0.281. The third kappa shape index (κ3) is 4.16. The second-order valence-corrected chi connectivity index (χ2v) is 7.18. The zero-order chi connectivity index (χ0) is 20.2. The molecule has 8 nitrogen and oxygen atoms in total. The molecule has 2 amide bonds. The highest BCUT2D eigenvalue weighted by molar-refractivity contribution is 5.93. The zero-order valence-corrected chi connectivity index (χ0v) is 16.6. The normalized spacial score (nSPS) is 16.4. The molecule has 1 aromatic carbocycles. The van der Waals surface area contributed by atoms with Crippen molar-refractivity contribution in [3.05, 3.63) is 53.5 Å². The van der Waals surface area contributed by atoms with Crippen molar-refractivity contribution in [2.45, 2.75) is 19.9 Å². The molecule has 2 aliphatic rings. The van der Waals surface area contributed by atoms with E-state index in [4.69, 9.17) is 4.74 Å². The van der Waals surface area contributed by atoms with Crippen LogP contribution in [0.5, 0.6) is 0 Å². The summed E-state index contributed by atoms with van der Waals surface area (Å²) in [6.07, 6.45) is 2.02. The third-order valence-corrected chi connectivity index (χ3v) is 5.42. The van der Waals surface area contributed by atoms with Crippen LogP contribution in [-0.4, -0.2) is 71.1 Å². The number of amides is 2. The first-order valence-corrected chi connectivity index (χ1v) is 10.0. The van der Waals surface area contributed by atoms with Crippen molar-refractivity contribution < 1.29 is 14.3 Å². The first kappa shape index (κ1) is 19.2. The van der Waals surface area contributed by atoms with E-state index in [1.54, 1.807) is 17.9 Å². The number of hydrogen-bond donors (Lipinski definition) is 0. The molecular weight excluding hydrogens is 370 g/mol. The summed E-state index contributed by atoms with van der Waals surface area (Å²) in [6, 6.07) is 9.99. The molecule has 4 rings (SSSR count). The highest BCUT2D eigenvalue weighted by Crippen LogP contribution is 2.21. The monoisotopic (exact) mass is 395 g/mol. The number of ether oxygens (including phenoxy) is 1. The summed E-state index contributed by atoms with van der Waals surface area (Å²) in [4.78, 5) is 39.0. The molecule has 0 aliphatic carbocycles. The Kier molecular flexibility index (Phi) is 5.59. The largest absolute Gasteiger partial charge is 0.450 e. The van der Waals surface area contributed by atoms with Crippen molar-refractivity contribution in [1.29, 1.82) is 0 Å². The van der Waals surface area contributed by atoms with Gasteiger partial charge in [0.1, 0.15) is 17.8 Å². The van der Waals surface area contributed by atoms with Crippen LogP contribution < -0.4 is 4.90 Å². The number of fused-ring (bicyclic) bond motifs is 1. The van der Waals surface area contributed by atoms with Crippen LogP contribution in [-0.2, 0) is 17.7 Å². The fourth-order valence-electron chi connectivity index (χ4n) is 3.80. The molecule has 0 unspecified atom stereocenters. The van der Waals surface area contributed by atoms with E-state index >= 15 is 0 Å². The van der Waals surface area contributed by atoms with Crippen molar-refractivity contribution >= 4 is 17.8 Å². The number of carbonyl (C=O) groups is 2. The summed E-state index contributed by atoms with van der Waals surface area (Å²) in [5.41, 5.74) is 2.90. The molecule has 0 N–H and O–H groups in total. The van der Waals surface area contributed by atoms with Crippen molar-refractivity contribution in [3.63, 3.8) is 0 Å². The SMILES string of the molecule is CCOC(=O)N1CCN(c2cc(C(=O)N3CCc4ccccc4C3)ncn2)CC1. The van der Waals surface area contributed by atoms with Crippen molar-refractivity contribution in [2.75, 3.05) is 44.2 Å². The molecule has 1 fully saturated rings. The molecule has 1 aromatic heterocycles. The van der Waals surface area contributed by atoms with Gasteiger partial charge in [-0.15, -0.1) is 0 Å². The number of aromatic nitrogens is 2. The molecular formula is C21H25N5O3. The Morgan fingerprint density at radius 2 is 1.76 bits per heavy atom. The highest BCUT2D eigenvalue weighted by atomic mass is 16.6. The quantitative estimate of drug-likeness (QED) is 0.791. The van der Waals surface area contributed by atoms with E-state index in [-0.39, 0.29) is 12.0 Å². The Labute approximate surface area is 170 Å². The van der Waals surface area contributed by atoms with Gasteiger partial charge in [-0.05, 0) is 24.5 Å². The average Bonchev–Trinajstić information content (AvgIpc) is 2.78. The predicted octanol–water partition coefficient (Wildman–Crippen LogP) is 1.95. The van der Waals surface area contributed by atoms with E-state index in [1.807, 2.05) is 17.0 Å². The summed E-state index contributed by atoms with van der Waals surface area (Å²) in [5.74, 6) is 0.637. The zero-order valence-electron chi connectivity index (χ0n) is 16.6. The average molecular weight is 395 g/mol. The van der Waals surface area contributed by atoms with Crippen LogP contribution in [0.3, 0.4) is 0 Å². The first-order valence-electron chi connectivity index (χ1n) is 10.0. The smallest absolute Gasteiger partial charge is 0.409 e. The molecule has 29 heavy (non-hydrogen) atoms. The number of carbonyl (C=O) groups excluding carboxylic acids is 2. The van der Waals surface area contributed by atoms with E-state index in [2.05, 4.69) is 27.0 Å². The fraction of sp³-hybridized carbons (Fsp3) is 0.429. The van der Waals surface area contributed by atoms with Gasteiger partial charge in [0, 0.05) is 45.3 Å². The van der Waals surface area contributed by atoms with Gasteiger partial charge in [-0.25, -0.2) is 14.8 Å². The van der Waals surface area contributed by atoms with E-state index in [9.17, 15) is 9.59 Å². The molecule has 0 atom stereocenters. The molecule has 0 radical (unpaired) electrons. The number of hydrogen-bond acceptors (Lipinski definition) is 6. The van der Waals surface area contributed by atoms with Gasteiger partial charge in [0.2, 0.25) is 0 Å². The Balaban J connectivity index is 1.42. The van der Waals surface area contributed by atoms with Crippen LogP contribution >= 0.6 is 0 Å². The Morgan fingerprint density at radius 3 is 2.52 bits per heavy atom. The fourth-order valence-corrected chi connectivity index (χ4v) is 3.80. The first-order chi connectivity index (χ1) is 14.2. The van der Waals surface area contributed by atoms with E-state index in [0.717, 1.165) is 6.42 Å². The van der Waals surface area contributed by atoms with Gasteiger partial charge in [0.05, 0.1) is 6.61 Å². The van der Waals surface area contributed by atoms with Crippen LogP contribution in [0.4, 0.5) is 10.6 Å². The molecule has 1 saturated heterocycles. The summed E-state index contributed by atoms with van der Waals surface area (Å²) in [6.45, 7) is 5.87. The number of benzene rings is 1. The number of piperazine rings is 1. The van der Waals surface area contributed by atoms with Gasteiger partial charge in [-0.1, -0.05) is 24.3 Å². The molecule has 8 heteroatoms. The summed E-state index contributed by atoms with van der Waals surface area (Å²) >= 11 is 0. The maximum absolute atomic E-state index is 13.0. The maximum Gasteiger partial charge on any atom is 0.409 e. The van der Waals surface area contributed by atoms with Gasteiger partial charge in [-0.2, -0.15) is 0 Å². The minimum Gasteiger partial charge on any atom is -0.450 e. The standard InChI is InChI=1S/C21H25N5O3/c1-2-29-21(28)25-11-9-24(10-12-25)19-13-18(22-15-23-19)20(27)26-8-7-16-5-3-4-6-17(16)14-26/h3-6,13,15H,2,7-12,14H2,1H3. The lowest BCUT2D eigenvalue weighted by Gasteiger charge is -2.34. The van der Waals surface area contributed by atoms with Crippen molar-refractivity contribution in [1.82, 2.24) is 19.8 Å². The van der Waals surface area contributed by atoms with Gasteiger partial charge in [0.15, 0.2) is 0 Å². The molecule has 152 valence electrons. The van der Waals surface area contributed by atoms with Gasteiger partial charge in [-0.3, -0.25) is 4.79 Å². The summed E-state index contributed by atoms with van der Waals surface area (Å²) in [7, 11) is 0. The lowest BCUT2D eigenvalue weighted by Crippen LogP contribution is -2.49. The Morgan fingerprint density at radius 1 is 1.00 bits per heavy atom. The Hall–Kier alpha value is -3.16. The predicted molar refractivity (Wildman–Crippen MR) is 108 cm³/mol. The summed E-state index contributed by atoms with van der Waals surface area (Å²) < 4.78 is 5.06. The van der Waals surface area contributed by atoms with Crippen LogP contribution in [0.25, 0.3) is 0 Å². The molecule has 3 heterocycles. The minimum absolute atomic E-state index is 0.0756. The van der Waals surface area contributed by atoms with Gasteiger partial charge in [0.25, 0.3) is 5.91 Å². The number of nitrogens with zero attached hydrogens (tertiary/aromatic N) is 5. The lowest BCUT2D eigenvalue weighted by molar-refractivity contribution is 0.0728. The lowest BCUT2D eigenvalue weighted by atomic mass is 10.00. The topological polar surface area (TPSA) is 78.9 Å². The number of rotatable bonds is 3. The molecule has 2 aromatic rings. The van der Waals surface area contributed by atoms with Crippen LogP contribution in [0.1, 0.15) is 28.5 Å². The van der Waals surface area contributed by atoms with Crippen LogP contribution in [0.2, 0.25) is 0 Å². The van der Waals surface area contributed by atoms with Gasteiger partial charge < -0.3 is 19.4 Å². The van der Waals surface area contributed by atoms with Gasteiger partial charge >= 0.3 is 6.09 Å². The highest BCUT2D eigenvalue weighted by Gasteiger charge is 2.25. The van der Waals surface area contributed by atoms with Crippen molar-refractivity contribution in [3.8, 4) is 0 Å². The molecule has 0 spiro atoms. The third-order valence-electron chi connectivity index (χ3n) is 5.42. The maximum atomic E-state index is 13.0. The second kappa shape index (κ2) is 8.46. The van der Waals surface area contributed by atoms with E-state index < -0.39 is 0 Å². The molecule has 0 saturated carbocycles. The van der Waals surface area contributed by atoms with Crippen LogP contribution in [0.15, 0.2) is 36.7 Å². The second-order valence-electron chi connectivity index (χ2n) is 7.18. The summed E-state index contributed by atoms with van der Waals surface area (Å²) in [5, 5.41) is 0. The van der Waals surface area contributed by atoms with Crippen LogP contribution in [0, 0.1) is 0 Å². The molecule has 2 aliphatic heterocycles.